The number of rotatable bonds is 4. The zero-order chi connectivity index (χ0) is 17.8. The number of amides is 1. The van der Waals surface area contributed by atoms with Crippen molar-refractivity contribution in [2.75, 3.05) is 13.1 Å². The number of nitrogens with zero attached hydrogens (tertiary/aromatic N) is 2. The normalized spacial score (nSPS) is 15.2. The van der Waals surface area contributed by atoms with Crippen molar-refractivity contribution in [2.24, 2.45) is 0 Å². The predicted octanol–water partition coefficient (Wildman–Crippen LogP) is 3.62. The molecule has 2 aromatic rings. The van der Waals surface area contributed by atoms with Crippen LogP contribution in [-0.2, 0) is 11.2 Å². The molecule has 0 spiro atoms. The number of pyridine rings is 1. The molecular formula is C21H26N2O2. The van der Waals surface area contributed by atoms with Gasteiger partial charge < -0.3 is 9.64 Å². The number of benzene rings is 1. The van der Waals surface area contributed by atoms with Gasteiger partial charge in [0.1, 0.15) is 11.9 Å². The van der Waals surface area contributed by atoms with Gasteiger partial charge in [0.2, 0.25) is 5.91 Å². The number of hydrogen-bond acceptors (Lipinski definition) is 3. The monoisotopic (exact) mass is 338 g/mol. The maximum Gasteiger partial charge on any atom is 0.227 e. The maximum atomic E-state index is 12.5. The molecule has 0 atom stereocenters. The molecule has 4 heteroatoms. The van der Waals surface area contributed by atoms with Crippen LogP contribution in [0.5, 0.6) is 5.75 Å². The smallest absolute Gasteiger partial charge is 0.227 e. The lowest BCUT2D eigenvalue weighted by Crippen LogP contribution is -2.42. The van der Waals surface area contributed by atoms with Crippen molar-refractivity contribution in [1.29, 1.82) is 0 Å². The standard InChI is InChI=1S/C21H26N2O2/c1-15-4-5-16(2)20(12-15)25-19-7-10-23(11-8-19)21(24)13-18-6-9-22-14-17(18)3/h4-6,9,12,14,19H,7-8,10-11,13H2,1-3H3. The van der Waals surface area contributed by atoms with Crippen LogP contribution >= 0.6 is 0 Å². The third-order valence-electron chi connectivity index (χ3n) is 4.91. The van der Waals surface area contributed by atoms with E-state index < -0.39 is 0 Å². The Morgan fingerprint density at radius 2 is 1.92 bits per heavy atom. The summed E-state index contributed by atoms with van der Waals surface area (Å²) in [6.07, 6.45) is 5.97. The fourth-order valence-corrected chi connectivity index (χ4v) is 3.21. The molecule has 1 saturated heterocycles. The third-order valence-corrected chi connectivity index (χ3v) is 4.91. The topological polar surface area (TPSA) is 42.4 Å². The number of ether oxygens (including phenoxy) is 1. The fourth-order valence-electron chi connectivity index (χ4n) is 3.21. The van der Waals surface area contributed by atoms with E-state index in [9.17, 15) is 4.79 Å². The Bertz CT molecular complexity index is 749. The average molecular weight is 338 g/mol. The van der Waals surface area contributed by atoms with E-state index in [0.29, 0.717) is 6.42 Å². The summed E-state index contributed by atoms with van der Waals surface area (Å²) in [5.41, 5.74) is 4.51. The number of piperidine rings is 1. The number of likely N-dealkylation sites (tertiary alicyclic amines) is 1. The minimum atomic E-state index is 0.187. The minimum Gasteiger partial charge on any atom is -0.490 e. The van der Waals surface area contributed by atoms with E-state index in [1.54, 1.807) is 6.20 Å². The molecule has 1 aliphatic heterocycles. The summed E-state index contributed by atoms with van der Waals surface area (Å²) in [6.45, 7) is 7.68. The van der Waals surface area contributed by atoms with Crippen molar-refractivity contribution >= 4 is 5.91 Å². The highest BCUT2D eigenvalue weighted by Crippen LogP contribution is 2.24. The molecule has 1 aliphatic rings. The van der Waals surface area contributed by atoms with Gasteiger partial charge in [-0.05, 0) is 55.2 Å². The molecule has 1 amide bonds. The summed E-state index contributed by atoms with van der Waals surface area (Å²) in [7, 11) is 0. The van der Waals surface area contributed by atoms with Gasteiger partial charge >= 0.3 is 0 Å². The van der Waals surface area contributed by atoms with Crippen molar-refractivity contribution in [3.05, 3.63) is 58.9 Å². The van der Waals surface area contributed by atoms with Gasteiger partial charge in [0.25, 0.3) is 0 Å². The van der Waals surface area contributed by atoms with Gasteiger partial charge in [0.05, 0.1) is 6.42 Å². The number of aromatic nitrogens is 1. The van der Waals surface area contributed by atoms with Gasteiger partial charge in [0.15, 0.2) is 0 Å². The molecule has 4 nitrogen and oxygen atoms in total. The van der Waals surface area contributed by atoms with Crippen molar-refractivity contribution in [3.63, 3.8) is 0 Å². The molecule has 132 valence electrons. The second kappa shape index (κ2) is 7.68. The van der Waals surface area contributed by atoms with Crippen LogP contribution < -0.4 is 4.74 Å². The lowest BCUT2D eigenvalue weighted by Gasteiger charge is -2.32. The summed E-state index contributed by atoms with van der Waals surface area (Å²) < 4.78 is 6.19. The van der Waals surface area contributed by atoms with Gasteiger partial charge in [-0.15, -0.1) is 0 Å². The van der Waals surface area contributed by atoms with Crippen molar-refractivity contribution < 1.29 is 9.53 Å². The molecule has 1 fully saturated rings. The molecular weight excluding hydrogens is 312 g/mol. The maximum absolute atomic E-state index is 12.5. The highest BCUT2D eigenvalue weighted by Gasteiger charge is 2.24. The first-order valence-corrected chi connectivity index (χ1v) is 8.94. The van der Waals surface area contributed by atoms with Gasteiger partial charge in [-0.2, -0.15) is 0 Å². The van der Waals surface area contributed by atoms with Crippen LogP contribution in [0.25, 0.3) is 0 Å². The summed E-state index contributed by atoms with van der Waals surface area (Å²) in [5.74, 6) is 1.16. The molecule has 1 aromatic heterocycles. The van der Waals surface area contributed by atoms with Crippen LogP contribution in [0.3, 0.4) is 0 Å². The van der Waals surface area contributed by atoms with E-state index in [2.05, 4.69) is 37.0 Å². The van der Waals surface area contributed by atoms with E-state index in [1.165, 1.54) is 5.56 Å². The molecule has 2 heterocycles. The molecule has 0 unspecified atom stereocenters. The summed E-state index contributed by atoms with van der Waals surface area (Å²) in [4.78, 5) is 18.6. The van der Waals surface area contributed by atoms with Crippen LogP contribution in [0.4, 0.5) is 0 Å². The first-order chi connectivity index (χ1) is 12.0. The number of hydrogen-bond donors (Lipinski definition) is 0. The summed E-state index contributed by atoms with van der Waals surface area (Å²) in [5, 5.41) is 0. The van der Waals surface area contributed by atoms with Gasteiger partial charge in [-0.1, -0.05) is 12.1 Å². The lowest BCUT2D eigenvalue weighted by molar-refractivity contribution is -0.132. The number of carbonyl (C=O) groups excluding carboxylic acids is 1. The van der Waals surface area contributed by atoms with Crippen LogP contribution in [0, 0.1) is 20.8 Å². The number of carbonyl (C=O) groups is 1. The Balaban J connectivity index is 1.54. The van der Waals surface area contributed by atoms with E-state index in [0.717, 1.165) is 48.4 Å². The molecule has 0 saturated carbocycles. The molecule has 25 heavy (non-hydrogen) atoms. The summed E-state index contributed by atoms with van der Waals surface area (Å²) in [6, 6.07) is 8.23. The van der Waals surface area contributed by atoms with Gasteiger partial charge in [-0.3, -0.25) is 9.78 Å². The Morgan fingerprint density at radius 3 is 2.64 bits per heavy atom. The van der Waals surface area contributed by atoms with E-state index in [-0.39, 0.29) is 12.0 Å². The van der Waals surface area contributed by atoms with Crippen LogP contribution in [0.15, 0.2) is 36.7 Å². The van der Waals surface area contributed by atoms with E-state index >= 15 is 0 Å². The largest absolute Gasteiger partial charge is 0.490 e. The quantitative estimate of drug-likeness (QED) is 0.855. The highest BCUT2D eigenvalue weighted by molar-refractivity contribution is 5.79. The lowest BCUT2D eigenvalue weighted by atomic mass is 10.0. The van der Waals surface area contributed by atoms with Crippen LogP contribution in [-0.4, -0.2) is 35.0 Å². The molecule has 0 aliphatic carbocycles. The van der Waals surface area contributed by atoms with Gasteiger partial charge in [0, 0.05) is 38.3 Å². The fraction of sp³-hybridized carbons (Fsp3) is 0.429. The first kappa shape index (κ1) is 17.5. The Morgan fingerprint density at radius 1 is 1.16 bits per heavy atom. The second-order valence-electron chi connectivity index (χ2n) is 6.95. The van der Waals surface area contributed by atoms with Crippen molar-refractivity contribution in [1.82, 2.24) is 9.88 Å². The second-order valence-corrected chi connectivity index (χ2v) is 6.95. The third kappa shape index (κ3) is 4.38. The number of aryl methyl sites for hydroxylation is 3. The zero-order valence-corrected chi connectivity index (χ0v) is 15.3. The Hall–Kier alpha value is -2.36. The van der Waals surface area contributed by atoms with Crippen molar-refractivity contribution in [2.45, 2.75) is 46.1 Å². The zero-order valence-electron chi connectivity index (χ0n) is 15.3. The van der Waals surface area contributed by atoms with Gasteiger partial charge in [-0.25, -0.2) is 0 Å². The average Bonchev–Trinajstić information content (AvgIpc) is 2.61. The molecule has 0 N–H and O–H groups in total. The SMILES string of the molecule is Cc1ccc(C)c(OC2CCN(C(=O)Cc3ccncc3C)CC2)c1. The van der Waals surface area contributed by atoms with E-state index in [1.807, 2.05) is 24.1 Å². The predicted molar refractivity (Wildman–Crippen MR) is 98.8 cm³/mol. The summed E-state index contributed by atoms with van der Waals surface area (Å²) >= 11 is 0. The molecule has 0 radical (unpaired) electrons. The van der Waals surface area contributed by atoms with Crippen LogP contribution in [0.1, 0.15) is 35.1 Å². The van der Waals surface area contributed by atoms with Crippen LogP contribution in [0.2, 0.25) is 0 Å². The first-order valence-electron chi connectivity index (χ1n) is 8.94. The molecule has 0 bridgehead atoms. The molecule has 3 rings (SSSR count). The Labute approximate surface area is 149 Å². The van der Waals surface area contributed by atoms with E-state index in [4.69, 9.17) is 4.74 Å². The minimum absolute atomic E-state index is 0.187. The Kier molecular flexibility index (Phi) is 5.37. The highest BCUT2D eigenvalue weighted by atomic mass is 16.5. The molecule has 1 aromatic carbocycles. The van der Waals surface area contributed by atoms with Crippen molar-refractivity contribution in [3.8, 4) is 5.75 Å².